The van der Waals surface area contributed by atoms with E-state index in [9.17, 15) is 8.78 Å². The van der Waals surface area contributed by atoms with E-state index in [4.69, 9.17) is 4.74 Å². The van der Waals surface area contributed by atoms with Crippen LogP contribution in [0.25, 0.3) is 22.2 Å². The molecule has 7 nitrogen and oxygen atoms in total. The number of halogens is 2. The first-order chi connectivity index (χ1) is 13.7. The van der Waals surface area contributed by atoms with Gasteiger partial charge in [-0.2, -0.15) is 9.61 Å². The Kier molecular flexibility index (Phi) is 3.71. The average Bonchev–Trinajstić information content (AvgIpc) is 3.32. The van der Waals surface area contributed by atoms with Crippen LogP contribution in [0.4, 0.5) is 8.78 Å². The molecular formula is C19H12F2N6O. The molecule has 0 aliphatic carbocycles. The third kappa shape index (κ3) is 2.73. The molecule has 0 radical (unpaired) electrons. The standard InChI is InChI=1S/C19H12F2N6O/c20-18(21)19-24-23-16-9-10-17(25-27(16)19)28-14-7-5-13(6-8-14)26-15-4-2-1-3-12(15)11-22-26/h1-11,18H. The van der Waals surface area contributed by atoms with Gasteiger partial charge in [-0.1, -0.05) is 18.2 Å². The highest BCUT2D eigenvalue weighted by Crippen LogP contribution is 2.24. The fraction of sp³-hybridized carbons (Fsp3) is 0.0526. The lowest BCUT2D eigenvalue weighted by molar-refractivity contribution is 0.137. The van der Waals surface area contributed by atoms with Crippen LogP contribution in [-0.2, 0) is 0 Å². The Balaban J connectivity index is 1.43. The van der Waals surface area contributed by atoms with Crippen molar-refractivity contribution in [2.75, 3.05) is 0 Å². The molecule has 3 heterocycles. The maximum Gasteiger partial charge on any atom is 0.299 e. The zero-order valence-corrected chi connectivity index (χ0v) is 14.3. The number of aromatic nitrogens is 6. The van der Waals surface area contributed by atoms with Gasteiger partial charge in [0, 0.05) is 11.5 Å². The molecule has 0 fully saturated rings. The lowest BCUT2D eigenvalue weighted by Crippen LogP contribution is -2.01. The van der Waals surface area contributed by atoms with E-state index in [0.717, 1.165) is 21.1 Å². The van der Waals surface area contributed by atoms with Gasteiger partial charge in [-0.25, -0.2) is 13.5 Å². The fourth-order valence-electron chi connectivity index (χ4n) is 2.93. The van der Waals surface area contributed by atoms with E-state index >= 15 is 0 Å². The second-order valence-corrected chi connectivity index (χ2v) is 6.01. The Morgan fingerprint density at radius 2 is 1.71 bits per heavy atom. The smallest absolute Gasteiger partial charge is 0.299 e. The molecule has 5 aromatic rings. The summed E-state index contributed by atoms with van der Waals surface area (Å²) in [6, 6.07) is 18.2. The van der Waals surface area contributed by atoms with E-state index in [0.29, 0.717) is 5.75 Å². The zero-order valence-electron chi connectivity index (χ0n) is 14.3. The molecule has 28 heavy (non-hydrogen) atoms. The average molecular weight is 378 g/mol. The molecule has 0 spiro atoms. The molecule has 138 valence electrons. The van der Waals surface area contributed by atoms with Crippen molar-refractivity contribution in [3.8, 4) is 17.3 Å². The highest BCUT2D eigenvalue weighted by molar-refractivity contribution is 5.80. The van der Waals surface area contributed by atoms with Crippen LogP contribution in [0.5, 0.6) is 11.6 Å². The van der Waals surface area contributed by atoms with Gasteiger partial charge in [0.2, 0.25) is 11.7 Å². The summed E-state index contributed by atoms with van der Waals surface area (Å²) in [6.07, 6.45) is -0.973. The van der Waals surface area contributed by atoms with E-state index in [1.165, 1.54) is 6.07 Å². The molecule has 3 aromatic heterocycles. The molecule has 0 amide bonds. The SMILES string of the molecule is FC(F)c1nnc2ccc(Oc3ccc(-n4ncc5ccccc54)cc3)nn12. The van der Waals surface area contributed by atoms with Crippen LogP contribution in [0.2, 0.25) is 0 Å². The van der Waals surface area contributed by atoms with Crippen LogP contribution >= 0.6 is 0 Å². The summed E-state index contributed by atoms with van der Waals surface area (Å²) >= 11 is 0. The Bertz CT molecular complexity index is 1280. The van der Waals surface area contributed by atoms with Crippen LogP contribution in [0.3, 0.4) is 0 Å². The van der Waals surface area contributed by atoms with Gasteiger partial charge in [0.1, 0.15) is 5.75 Å². The summed E-state index contributed by atoms with van der Waals surface area (Å²) in [7, 11) is 0. The number of benzene rings is 2. The third-order valence-corrected chi connectivity index (χ3v) is 4.24. The van der Waals surface area contributed by atoms with Gasteiger partial charge in [0.15, 0.2) is 5.65 Å². The Hall–Kier alpha value is -3.88. The van der Waals surface area contributed by atoms with Gasteiger partial charge >= 0.3 is 0 Å². The molecule has 0 N–H and O–H groups in total. The van der Waals surface area contributed by atoms with Crippen molar-refractivity contribution in [3.05, 3.63) is 72.7 Å². The number of rotatable bonds is 4. The van der Waals surface area contributed by atoms with Crippen molar-refractivity contribution < 1.29 is 13.5 Å². The van der Waals surface area contributed by atoms with E-state index < -0.39 is 12.2 Å². The van der Waals surface area contributed by atoms with Gasteiger partial charge in [-0.15, -0.1) is 15.3 Å². The summed E-state index contributed by atoms with van der Waals surface area (Å²) in [5.74, 6) is 0.145. The topological polar surface area (TPSA) is 70.1 Å². The summed E-state index contributed by atoms with van der Waals surface area (Å²) in [5, 5.41) is 16.6. The van der Waals surface area contributed by atoms with Crippen LogP contribution in [0.1, 0.15) is 12.2 Å². The van der Waals surface area contributed by atoms with Crippen LogP contribution in [0, 0.1) is 0 Å². The zero-order chi connectivity index (χ0) is 19.1. The van der Waals surface area contributed by atoms with Crippen LogP contribution in [0.15, 0.2) is 66.9 Å². The van der Waals surface area contributed by atoms with E-state index in [-0.39, 0.29) is 11.5 Å². The normalized spacial score (nSPS) is 11.5. The summed E-state index contributed by atoms with van der Waals surface area (Å²) in [4.78, 5) is 0. The van der Waals surface area contributed by atoms with Crippen molar-refractivity contribution in [1.82, 2.24) is 29.6 Å². The van der Waals surface area contributed by atoms with Crippen LogP contribution < -0.4 is 4.74 Å². The minimum atomic E-state index is -2.78. The first-order valence-corrected chi connectivity index (χ1v) is 8.40. The van der Waals surface area contributed by atoms with Crippen LogP contribution in [-0.4, -0.2) is 29.6 Å². The second-order valence-electron chi connectivity index (χ2n) is 6.01. The molecule has 2 aromatic carbocycles. The summed E-state index contributed by atoms with van der Waals surface area (Å²) in [5.41, 5.74) is 2.09. The predicted molar refractivity (Wildman–Crippen MR) is 96.9 cm³/mol. The lowest BCUT2D eigenvalue weighted by atomic mass is 10.2. The monoisotopic (exact) mass is 378 g/mol. The minimum Gasteiger partial charge on any atom is -0.438 e. The highest BCUT2D eigenvalue weighted by Gasteiger charge is 2.17. The van der Waals surface area contributed by atoms with Crippen molar-refractivity contribution >= 4 is 16.6 Å². The molecule has 0 atom stereocenters. The Morgan fingerprint density at radius 3 is 2.54 bits per heavy atom. The second kappa shape index (κ2) is 6.38. The van der Waals surface area contributed by atoms with Gasteiger partial charge < -0.3 is 4.74 Å². The molecule has 0 aliphatic rings. The fourth-order valence-corrected chi connectivity index (χ4v) is 2.93. The van der Waals surface area contributed by atoms with Crippen molar-refractivity contribution in [3.63, 3.8) is 0 Å². The number of hydrogen-bond acceptors (Lipinski definition) is 5. The Morgan fingerprint density at radius 1 is 0.893 bits per heavy atom. The number of hydrogen-bond donors (Lipinski definition) is 0. The highest BCUT2D eigenvalue weighted by atomic mass is 19.3. The Labute approximate surface area is 156 Å². The summed E-state index contributed by atoms with van der Waals surface area (Å²) < 4.78 is 34.4. The van der Waals surface area contributed by atoms with E-state index in [2.05, 4.69) is 20.4 Å². The molecular weight excluding hydrogens is 366 g/mol. The molecule has 0 bridgehead atoms. The first-order valence-electron chi connectivity index (χ1n) is 8.40. The molecule has 5 rings (SSSR count). The maximum atomic E-state index is 13.0. The van der Waals surface area contributed by atoms with Gasteiger partial charge in [0.05, 0.1) is 17.4 Å². The largest absolute Gasteiger partial charge is 0.438 e. The molecule has 0 saturated carbocycles. The minimum absolute atomic E-state index is 0.159. The van der Waals surface area contributed by atoms with Gasteiger partial charge in [-0.05, 0) is 36.4 Å². The summed E-state index contributed by atoms with van der Waals surface area (Å²) in [6.45, 7) is 0. The number of nitrogens with zero attached hydrogens (tertiary/aromatic N) is 6. The quantitative estimate of drug-likeness (QED) is 0.469. The number of alkyl halides is 2. The predicted octanol–water partition coefficient (Wildman–Crippen LogP) is 4.19. The van der Waals surface area contributed by atoms with Gasteiger partial charge in [-0.3, -0.25) is 0 Å². The van der Waals surface area contributed by atoms with Gasteiger partial charge in [0.25, 0.3) is 6.43 Å². The van der Waals surface area contributed by atoms with Crippen molar-refractivity contribution in [2.24, 2.45) is 0 Å². The van der Waals surface area contributed by atoms with E-state index in [1.54, 1.807) is 24.4 Å². The number of para-hydroxylation sites is 1. The molecule has 0 unspecified atom stereocenters. The van der Waals surface area contributed by atoms with E-state index in [1.807, 2.05) is 41.1 Å². The molecule has 9 heteroatoms. The lowest BCUT2D eigenvalue weighted by Gasteiger charge is -2.07. The molecule has 0 aliphatic heterocycles. The number of fused-ring (bicyclic) bond motifs is 2. The third-order valence-electron chi connectivity index (χ3n) is 4.24. The molecule has 0 saturated heterocycles. The maximum absolute atomic E-state index is 13.0. The number of ether oxygens (including phenoxy) is 1. The first kappa shape index (κ1) is 16.3. The van der Waals surface area contributed by atoms with Crippen molar-refractivity contribution in [2.45, 2.75) is 6.43 Å². The van der Waals surface area contributed by atoms with Crippen molar-refractivity contribution in [1.29, 1.82) is 0 Å².